The third-order valence-corrected chi connectivity index (χ3v) is 4.04. The molecule has 4 nitrogen and oxygen atoms in total. The Balaban J connectivity index is 0.00000338. The van der Waals surface area contributed by atoms with Crippen LogP contribution in [-0.2, 0) is 12.8 Å². The van der Waals surface area contributed by atoms with Gasteiger partial charge in [-0.2, -0.15) is 0 Å². The van der Waals surface area contributed by atoms with Crippen molar-refractivity contribution < 1.29 is 9.47 Å². The molecule has 0 saturated heterocycles. The van der Waals surface area contributed by atoms with Gasteiger partial charge in [0.2, 0.25) is 0 Å². The molecule has 0 saturated carbocycles. The van der Waals surface area contributed by atoms with Crippen molar-refractivity contribution in [1.82, 2.24) is 0 Å². The van der Waals surface area contributed by atoms with Gasteiger partial charge in [0.25, 0.3) is 0 Å². The van der Waals surface area contributed by atoms with E-state index in [0.717, 1.165) is 56.8 Å². The Hall–Kier alpha value is -1.46. The first kappa shape index (κ1) is 25.5. The summed E-state index contributed by atoms with van der Waals surface area (Å²) in [4.78, 5) is 0. The second-order valence-corrected chi connectivity index (χ2v) is 6.12. The van der Waals surface area contributed by atoms with Crippen molar-refractivity contribution in [2.45, 2.75) is 32.1 Å². The third-order valence-electron chi connectivity index (χ3n) is 4.04. The Morgan fingerprint density at radius 3 is 1.26 bits per heavy atom. The van der Waals surface area contributed by atoms with Gasteiger partial charge < -0.3 is 20.9 Å². The van der Waals surface area contributed by atoms with Gasteiger partial charge in [0, 0.05) is 0 Å². The van der Waals surface area contributed by atoms with Crippen molar-refractivity contribution in [2.75, 3.05) is 26.3 Å². The monoisotopic (exact) mass is 414 g/mol. The summed E-state index contributed by atoms with van der Waals surface area (Å²) in [5, 5.41) is 0. The standard InChI is InChI=1S/C21H30N2O2.2ClH/c22-14-12-18-4-8-20(9-5-18)24-16-2-1-3-17-25-21-10-6-19(7-11-21)13-15-23;;/h4-11H,1-3,12-17,22-23H2;2*1H. The number of halogens is 2. The SMILES string of the molecule is Cl.Cl.NCCc1ccc(OCCCCCOc2ccc(CCN)cc2)cc1. The number of ether oxygens (including phenoxy) is 2. The van der Waals surface area contributed by atoms with Crippen molar-refractivity contribution in [3.8, 4) is 11.5 Å². The van der Waals surface area contributed by atoms with Crippen LogP contribution < -0.4 is 20.9 Å². The molecule has 0 fully saturated rings. The number of nitrogens with two attached hydrogens (primary N) is 2. The lowest BCUT2D eigenvalue weighted by Crippen LogP contribution is -2.03. The summed E-state index contributed by atoms with van der Waals surface area (Å²) < 4.78 is 11.5. The van der Waals surface area contributed by atoms with E-state index in [1.54, 1.807) is 0 Å². The smallest absolute Gasteiger partial charge is 0.119 e. The second-order valence-electron chi connectivity index (χ2n) is 6.12. The molecule has 0 aromatic heterocycles. The minimum absolute atomic E-state index is 0. The molecular formula is C21H32Cl2N2O2. The number of hydrogen-bond donors (Lipinski definition) is 2. The van der Waals surface area contributed by atoms with Crippen LogP contribution in [-0.4, -0.2) is 26.3 Å². The molecule has 4 N–H and O–H groups in total. The van der Waals surface area contributed by atoms with E-state index in [-0.39, 0.29) is 24.8 Å². The van der Waals surface area contributed by atoms with Crippen LogP contribution in [0.3, 0.4) is 0 Å². The lowest BCUT2D eigenvalue weighted by atomic mass is 10.1. The van der Waals surface area contributed by atoms with Gasteiger partial charge in [0.05, 0.1) is 13.2 Å². The summed E-state index contributed by atoms with van der Waals surface area (Å²) >= 11 is 0. The summed E-state index contributed by atoms with van der Waals surface area (Å²) in [5.41, 5.74) is 13.6. The average molecular weight is 415 g/mol. The van der Waals surface area contributed by atoms with Crippen LogP contribution in [0.5, 0.6) is 11.5 Å². The molecule has 0 unspecified atom stereocenters. The quantitative estimate of drug-likeness (QED) is 0.511. The maximum Gasteiger partial charge on any atom is 0.119 e. The van der Waals surface area contributed by atoms with Crippen molar-refractivity contribution >= 4 is 24.8 Å². The molecule has 2 aromatic carbocycles. The van der Waals surface area contributed by atoms with Crippen molar-refractivity contribution in [3.05, 3.63) is 59.7 Å². The van der Waals surface area contributed by atoms with Gasteiger partial charge in [0.15, 0.2) is 0 Å². The predicted octanol–water partition coefficient (Wildman–Crippen LogP) is 4.16. The summed E-state index contributed by atoms with van der Waals surface area (Å²) in [6, 6.07) is 16.4. The maximum atomic E-state index is 5.76. The minimum Gasteiger partial charge on any atom is -0.494 e. The van der Waals surface area contributed by atoms with Crippen LogP contribution in [0.25, 0.3) is 0 Å². The first-order valence-electron chi connectivity index (χ1n) is 9.15. The van der Waals surface area contributed by atoms with Crippen LogP contribution in [0.2, 0.25) is 0 Å². The minimum atomic E-state index is 0. The van der Waals surface area contributed by atoms with E-state index in [1.165, 1.54) is 11.1 Å². The molecule has 0 radical (unpaired) electrons. The van der Waals surface area contributed by atoms with Gasteiger partial charge in [-0.05, 0) is 80.6 Å². The lowest BCUT2D eigenvalue weighted by Gasteiger charge is -2.08. The zero-order valence-electron chi connectivity index (χ0n) is 15.8. The highest BCUT2D eigenvalue weighted by Gasteiger charge is 1.98. The largest absolute Gasteiger partial charge is 0.494 e. The normalized spacial score (nSPS) is 9.85. The molecule has 6 heteroatoms. The molecule has 0 atom stereocenters. The average Bonchev–Trinajstić information content (AvgIpc) is 2.64. The van der Waals surface area contributed by atoms with Gasteiger partial charge in [-0.15, -0.1) is 24.8 Å². The molecule has 0 aliphatic rings. The van der Waals surface area contributed by atoms with Crippen molar-refractivity contribution in [3.63, 3.8) is 0 Å². The fraction of sp³-hybridized carbons (Fsp3) is 0.429. The summed E-state index contributed by atoms with van der Waals surface area (Å²) in [6.07, 6.45) is 4.98. The maximum absolute atomic E-state index is 5.76. The molecular weight excluding hydrogens is 383 g/mol. The van der Waals surface area contributed by atoms with Crippen LogP contribution in [0.1, 0.15) is 30.4 Å². The summed E-state index contributed by atoms with van der Waals surface area (Å²) in [7, 11) is 0. The number of unbranched alkanes of at least 4 members (excludes halogenated alkanes) is 2. The van der Waals surface area contributed by atoms with Gasteiger partial charge in [-0.25, -0.2) is 0 Å². The van der Waals surface area contributed by atoms with E-state index >= 15 is 0 Å². The van der Waals surface area contributed by atoms with Gasteiger partial charge in [0.1, 0.15) is 11.5 Å². The molecule has 0 spiro atoms. The molecule has 27 heavy (non-hydrogen) atoms. The molecule has 152 valence electrons. The van der Waals surface area contributed by atoms with Gasteiger partial charge in [-0.3, -0.25) is 0 Å². The Morgan fingerprint density at radius 2 is 0.926 bits per heavy atom. The van der Waals surface area contributed by atoms with Gasteiger partial charge >= 0.3 is 0 Å². The molecule has 2 rings (SSSR count). The highest BCUT2D eigenvalue weighted by Crippen LogP contribution is 2.14. The zero-order valence-corrected chi connectivity index (χ0v) is 17.4. The number of hydrogen-bond acceptors (Lipinski definition) is 4. The Kier molecular flexibility index (Phi) is 14.7. The topological polar surface area (TPSA) is 70.5 Å². The molecule has 0 heterocycles. The van der Waals surface area contributed by atoms with Crippen molar-refractivity contribution in [2.24, 2.45) is 11.5 Å². The third kappa shape index (κ3) is 10.5. The molecule has 0 aliphatic carbocycles. The Bertz CT molecular complexity index is 539. The fourth-order valence-corrected chi connectivity index (χ4v) is 2.60. The molecule has 0 amide bonds. The van der Waals surface area contributed by atoms with Gasteiger partial charge in [-0.1, -0.05) is 24.3 Å². The van der Waals surface area contributed by atoms with E-state index in [0.29, 0.717) is 13.1 Å². The van der Waals surface area contributed by atoms with E-state index in [4.69, 9.17) is 20.9 Å². The molecule has 2 aromatic rings. The van der Waals surface area contributed by atoms with Crippen LogP contribution in [0.4, 0.5) is 0 Å². The Labute approximate surface area is 175 Å². The Morgan fingerprint density at radius 1 is 0.556 bits per heavy atom. The predicted molar refractivity (Wildman–Crippen MR) is 118 cm³/mol. The first-order chi connectivity index (χ1) is 12.3. The highest BCUT2D eigenvalue weighted by atomic mass is 35.5. The summed E-state index contributed by atoms with van der Waals surface area (Å²) in [6.45, 7) is 2.84. The lowest BCUT2D eigenvalue weighted by molar-refractivity contribution is 0.279. The molecule has 0 aliphatic heterocycles. The zero-order chi connectivity index (χ0) is 17.7. The summed E-state index contributed by atoms with van der Waals surface area (Å²) in [5.74, 6) is 1.85. The van der Waals surface area contributed by atoms with Crippen LogP contribution >= 0.6 is 24.8 Å². The fourth-order valence-electron chi connectivity index (χ4n) is 2.60. The number of rotatable bonds is 12. The van der Waals surface area contributed by atoms with Crippen LogP contribution in [0.15, 0.2) is 48.5 Å². The van der Waals surface area contributed by atoms with Crippen molar-refractivity contribution in [1.29, 1.82) is 0 Å². The highest BCUT2D eigenvalue weighted by molar-refractivity contribution is 5.85. The molecule has 0 bridgehead atoms. The van der Waals surface area contributed by atoms with Crippen LogP contribution in [0, 0.1) is 0 Å². The first-order valence-corrected chi connectivity index (χ1v) is 9.15. The van der Waals surface area contributed by atoms with E-state index in [2.05, 4.69) is 24.3 Å². The van der Waals surface area contributed by atoms with E-state index in [9.17, 15) is 0 Å². The van der Waals surface area contributed by atoms with E-state index in [1.807, 2.05) is 24.3 Å². The number of benzene rings is 2. The van der Waals surface area contributed by atoms with E-state index < -0.39 is 0 Å². The second kappa shape index (κ2) is 15.6.